The van der Waals surface area contributed by atoms with Crippen molar-refractivity contribution in [3.63, 3.8) is 0 Å². The van der Waals surface area contributed by atoms with Crippen LogP contribution < -0.4 is 0 Å². The Kier molecular flexibility index (Phi) is 5.64. The van der Waals surface area contributed by atoms with E-state index in [4.69, 9.17) is 4.74 Å². The van der Waals surface area contributed by atoms with Crippen molar-refractivity contribution < 1.29 is 14.5 Å². The molecular weight excluding hydrogens is 394 g/mol. The maximum atomic E-state index is 12.2. The van der Waals surface area contributed by atoms with E-state index in [1.54, 1.807) is 11.4 Å². The Morgan fingerprint density at radius 3 is 2.69 bits per heavy atom. The number of nitrogens with zero attached hydrogens (tertiary/aromatic N) is 3. The van der Waals surface area contributed by atoms with E-state index < -0.39 is 10.9 Å². The summed E-state index contributed by atoms with van der Waals surface area (Å²) in [4.78, 5) is 32.0. The SMILES string of the molecule is Cc1csc(Sc2ccc(C(=O)OCc3csc(C)n3)cc2[N+](=O)[O-])n1. The van der Waals surface area contributed by atoms with Crippen molar-refractivity contribution in [2.75, 3.05) is 0 Å². The smallest absolute Gasteiger partial charge is 0.338 e. The van der Waals surface area contributed by atoms with Crippen molar-refractivity contribution in [1.29, 1.82) is 0 Å². The third-order valence-electron chi connectivity index (χ3n) is 3.20. The number of carbonyl (C=O) groups excluding carboxylic acids is 1. The van der Waals surface area contributed by atoms with Gasteiger partial charge in [0.05, 0.1) is 26.1 Å². The summed E-state index contributed by atoms with van der Waals surface area (Å²) in [6, 6.07) is 4.30. The summed E-state index contributed by atoms with van der Waals surface area (Å²) in [6.07, 6.45) is 0. The topological polar surface area (TPSA) is 95.2 Å². The van der Waals surface area contributed by atoms with Gasteiger partial charge in [-0.3, -0.25) is 10.1 Å². The molecule has 0 saturated carbocycles. The van der Waals surface area contributed by atoms with E-state index in [-0.39, 0.29) is 17.9 Å². The molecule has 26 heavy (non-hydrogen) atoms. The molecule has 0 aliphatic heterocycles. The number of nitro benzene ring substituents is 1. The van der Waals surface area contributed by atoms with Gasteiger partial charge < -0.3 is 4.74 Å². The zero-order valence-corrected chi connectivity index (χ0v) is 16.2. The summed E-state index contributed by atoms with van der Waals surface area (Å²) < 4.78 is 5.90. The number of esters is 1. The Balaban J connectivity index is 1.76. The maximum absolute atomic E-state index is 12.2. The number of rotatable bonds is 6. The first kappa shape index (κ1) is 18.5. The minimum atomic E-state index is -0.625. The second-order valence-electron chi connectivity index (χ2n) is 5.23. The number of aromatic nitrogens is 2. The first-order valence-corrected chi connectivity index (χ1v) is 9.96. The predicted molar refractivity (Wildman–Crippen MR) is 100 cm³/mol. The molecule has 0 unspecified atom stereocenters. The first-order valence-electron chi connectivity index (χ1n) is 7.39. The van der Waals surface area contributed by atoms with Crippen molar-refractivity contribution in [3.8, 4) is 0 Å². The number of aryl methyl sites for hydroxylation is 2. The Morgan fingerprint density at radius 2 is 2.08 bits per heavy atom. The average Bonchev–Trinajstić information content (AvgIpc) is 3.21. The van der Waals surface area contributed by atoms with Gasteiger partial charge in [0.2, 0.25) is 0 Å². The van der Waals surface area contributed by atoms with E-state index in [1.165, 1.54) is 46.6 Å². The predicted octanol–water partition coefficient (Wildman–Crippen LogP) is 4.63. The highest BCUT2D eigenvalue weighted by atomic mass is 32.2. The van der Waals surface area contributed by atoms with E-state index in [9.17, 15) is 14.9 Å². The van der Waals surface area contributed by atoms with Gasteiger partial charge in [-0.15, -0.1) is 22.7 Å². The Labute approximate surface area is 161 Å². The third kappa shape index (κ3) is 4.45. The highest BCUT2D eigenvalue weighted by molar-refractivity contribution is 8.01. The fourth-order valence-corrected chi connectivity index (χ4v) is 4.52. The summed E-state index contributed by atoms with van der Waals surface area (Å²) in [5, 5.41) is 16.0. The molecule has 1 aromatic carbocycles. The maximum Gasteiger partial charge on any atom is 0.338 e. The Bertz CT molecular complexity index is 967. The number of hydrogen-bond acceptors (Lipinski definition) is 9. The fraction of sp³-hybridized carbons (Fsp3) is 0.188. The van der Waals surface area contributed by atoms with Crippen molar-refractivity contribution in [1.82, 2.24) is 9.97 Å². The van der Waals surface area contributed by atoms with Crippen LogP contribution in [0.2, 0.25) is 0 Å². The van der Waals surface area contributed by atoms with E-state index in [2.05, 4.69) is 9.97 Å². The lowest BCUT2D eigenvalue weighted by Gasteiger charge is -2.05. The number of nitro groups is 1. The lowest BCUT2D eigenvalue weighted by atomic mass is 10.2. The van der Waals surface area contributed by atoms with E-state index in [1.807, 2.05) is 19.2 Å². The minimum absolute atomic E-state index is 0.0336. The number of benzene rings is 1. The quantitative estimate of drug-likeness (QED) is 0.334. The molecule has 0 N–H and O–H groups in total. The monoisotopic (exact) mass is 407 g/mol. The second kappa shape index (κ2) is 7.94. The molecule has 2 heterocycles. The zero-order valence-electron chi connectivity index (χ0n) is 13.8. The Morgan fingerprint density at radius 1 is 1.27 bits per heavy atom. The fourth-order valence-electron chi connectivity index (χ4n) is 2.04. The van der Waals surface area contributed by atoms with Crippen LogP contribution in [0.25, 0.3) is 0 Å². The molecule has 0 aliphatic carbocycles. The molecule has 0 atom stereocenters. The van der Waals surface area contributed by atoms with Gasteiger partial charge in [-0.1, -0.05) is 11.8 Å². The highest BCUT2D eigenvalue weighted by Gasteiger charge is 2.20. The van der Waals surface area contributed by atoms with Crippen LogP contribution in [0.5, 0.6) is 0 Å². The molecule has 134 valence electrons. The molecule has 0 saturated heterocycles. The lowest BCUT2D eigenvalue weighted by molar-refractivity contribution is -0.387. The number of ether oxygens (including phenoxy) is 1. The molecular formula is C16H13N3O4S3. The van der Waals surface area contributed by atoms with Gasteiger partial charge in [0.15, 0.2) is 4.34 Å². The van der Waals surface area contributed by atoms with Crippen molar-refractivity contribution in [2.45, 2.75) is 29.7 Å². The molecule has 7 nitrogen and oxygen atoms in total. The lowest BCUT2D eigenvalue weighted by Crippen LogP contribution is -2.06. The van der Waals surface area contributed by atoms with Crippen LogP contribution in [0.15, 0.2) is 38.2 Å². The molecule has 3 aromatic rings. The first-order chi connectivity index (χ1) is 12.4. The minimum Gasteiger partial charge on any atom is -0.456 e. The molecule has 2 aromatic heterocycles. The van der Waals surface area contributed by atoms with Gasteiger partial charge in [-0.2, -0.15) is 0 Å². The van der Waals surface area contributed by atoms with E-state index in [0.29, 0.717) is 14.9 Å². The van der Waals surface area contributed by atoms with Crippen LogP contribution in [0.3, 0.4) is 0 Å². The van der Waals surface area contributed by atoms with Gasteiger partial charge in [-0.25, -0.2) is 14.8 Å². The molecule has 0 spiro atoms. The van der Waals surface area contributed by atoms with Crippen molar-refractivity contribution in [2.24, 2.45) is 0 Å². The molecule has 0 bridgehead atoms. The largest absolute Gasteiger partial charge is 0.456 e. The molecule has 0 fully saturated rings. The number of hydrogen-bond donors (Lipinski definition) is 0. The van der Waals surface area contributed by atoms with Gasteiger partial charge >= 0.3 is 5.97 Å². The van der Waals surface area contributed by atoms with Gasteiger partial charge in [0, 0.05) is 22.5 Å². The van der Waals surface area contributed by atoms with Gasteiger partial charge in [0.25, 0.3) is 5.69 Å². The Hall–Kier alpha value is -2.30. The summed E-state index contributed by atoms with van der Waals surface area (Å²) in [5.41, 5.74) is 1.49. The van der Waals surface area contributed by atoms with Crippen LogP contribution in [0.1, 0.15) is 26.8 Å². The van der Waals surface area contributed by atoms with Crippen LogP contribution >= 0.6 is 34.4 Å². The third-order valence-corrected chi connectivity index (χ3v) is 6.15. The normalized spacial score (nSPS) is 10.7. The van der Waals surface area contributed by atoms with Crippen molar-refractivity contribution >= 4 is 46.1 Å². The van der Waals surface area contributed by atoms with Crippen molar-refractivity contribution in [3.05, 3.63) is 61.0 Å². The summed E-state index contributed by atoms with van der Waals surface area (Å²) >= 11 is 4.08. The summed E-state index contributed by atoms with van der Waals surface area (Å²) in [7, 11) is 0. The molecule has 3 rings (SSSR count). The second-order valence-corrected chi connectivity index (χ2v) is 8.44. The molecule has 0 aliphatic rings. The standard InChI is InChI=1S/C16H13N3O4S3/c1-9-7-25-16(17-9)26-14-4-3-11(5-13(14)19(21)22)15(20)23-6-12-8-24-10(2)18-12/h3-5,7-8H,6H2,1-2H3. The molecule has 0 amide bonds. The van der Waals surface area contributed by atoms with Crippen LogP contribution in [-0.2, 0) is 11.3 Å². The van der Waals surface area contributed by atoms with E-state index >= 15 is 0 Å². The van der Waals surface area contributed by atoms with Crippen LogP contribution in [0, 0.1) is 24.0 Å². The number of carbonyl (C=O) groups is 1. The van der Waals surface area contributed by atoms with E-state index in [0.717, 1.165) is 10.7 Å². The summed E-state index contributed by atoms with van der Waals surface area (Å²) in [6.45, 7) is 3.75. The molecule has 0 radical (unpaired) electrons. The zero-order chi connectivity index (χ0) is 18.7. The highest BCUT2D eigenvalue weighted by Crippen LogP contribution is 2.36. The average molecular weight is 407 g/mol. The molecule has 10 heteroatoms. The van der Waals surface area contributed by atoms with Gasteiger partial charge in [-0.05, 0) is 26.0 Å². The summed E-state index contributed by atoms with van der Waals surface area (Å²) in [5.74, 6) is -0.625. The number of thiazole rings is 2. The van der Waals surface area contributed by atoms with Gasteiger partial charge in [0.1, 0.15) is 6.61 Å². The van der Waals surface area contributed by atoms with Crippen LogP contribution in [-0.4, -0.2) is 20.9 Å². The van der Waals surface area contributed by atoms with Crippen LogP contribution in [0.4, 0.5) is 5.69 Å².